The van der Waals surface area contributed by atoms with Crippen molar-refractivity contribution in [1.29, 1.82) is 0 Å². The first kappa shape index (κ1) is 21.5. The van der Waals surface area contributed by atoms with Crippen LogP contribution in [-0.2, 0) is 6.54 Å². The van der Waals surface area contributed by atoms with Gasteiger partial charge in [0.15, 0.2) is 11.6 Å². The number of ether oxygens (including phenoxy) is 1. The number of hydrogen-bond acceptors (Lipinski definition) is 4. The number of nitrogens with zero attached hydrogens (tertiary/aromatic N) is 3. The summed E-state index contributed by atoms with van der Waals surface area (Å²) < 4.78 is 22.3. The van der Waals surface area contributed by atoms with Crippen molar-refractivity contribution in [1.82, 2.24) is 14.7 Å². The van der Waals surface area contributed by atoms with Crippen LogP contribution >= 0.6 is 0 Å². The van der Waals surface area contributed by atoms with Gasteiger partial charge in [-0.25, -0.2) is 9.07 Å². The molecule has 4 rings (SSSR count). The molecule has 31 heavy (non-hydrogen) atoms. The zero-order valence-electron chi connectivity index (χ0n) is 18.2. The van der Waals surface area contributed by atoms with Gasteiger partial charge in [0.2, 0.25) is 5.88 Å². The molecule has 0 unspecified atom stereocenters. The number of benzene rings is 2. The minimum Gasteiger partial charge on any atom is -0.435 e. The number of aliphatic hydroxyl groups excluding tert-OH is 1. The highest BCUT2D eigenvalue weighted by atomic mass is 19.1. The molecule has 0 aliphatic heterocycles. The van der Waals surface area contributed by atoms with E-state index in [9.17, 15) is 9.50 Å². The molecule has 2 aromatic carbocycles. The summed E-state index contributed by atoms with van der Waals surface area (Å²) in [5, 5.41) is 15.0. The Balaban J connectivity index is 1.71. The molecule has 1 atom stereocenters. The van der Waals surface area contributed by atoms with Crippen molar-refractivity contribution in [3.63, 3.8) is 0 Å². The van der Waals surface area contributed by atoms with Crippen molar-refractivity contribution in [2.24, 2.45) is 5.92 Å². The van der Waals surface area contributed by atoms with Crippen LogP contribution < -0.4 is 4.74 Å². The minimum atomic E-state index is -0.414. The van der Waals surface area contributed by atoms with Crippen LogP contribution in [0.25, 0.3) is 5.69 Å². The van der Waals surface area contributed by atoms with Gasteiger partial charge in [0.05, 0.1) is 23.0 Å². The van der Waals surface area contributed by atoms with Crippen molar-refractivity contribution < 1.29 is 14.2 Å². The lowest BCUT2D eigenvalue weighted by Crippen LogP contribution is -2.33. The Morgan fingerprint density at radius 2 is 1.87 bits per heavy atom. The summed E-state index contributed by atoms with van der Waals surface area (Å²) in [6.45, 7) is 6.07. The van der Waals surface area contributed by atoms with Crippen molar-refractivity contribution in [3.8, 4) is 17.3 Å². The maximum absolute atomic E-state index is 14.4. The summed E-state index contributed by atoms with van der Waals surface area (Å²) >= 11 is 0. The van der Waals surface area contributed by atoms with Gasteiger partial charge in [-0.05, 0) is 56.4 Å². The molecule has 1 aromatic heterocycles. The molecule has 1 N–H and O–H groups in total. The van der Waals surface area contributed by atoms with Crippen LogP contribution in [0.2, 0.25) is 0 Å². The molecule has 5 nitrogen and oxygen atoms in total. The number of para-hydroxylation sites is 2. The summed E-state index contributed by atoms with van der Waals surface area (Å²) in [7, 11) is 0. The van der Waals surface area contributed by atoms with Crippen LogP contribution in [0, 0.1) is 18.7 Å². The molecule has 0 amide bonds. The topological polar surface area (TPSA) is 50.5 Å². The predicted molar refractivity (Wildman–Crippen MR) is 119 cm³/mol. The number of hydrogen-bond donors (Lipinski definition) is 1. The van der Waals surface area contributed by atoms with E-state index in [4.69, 9.17) is 9.84 Å². The lowest BCUT2D eigenvalue weighted by Gasteiger charge is -2.25. The molecular formula is C25H30FN3O2. The number of aromatic nitrogens is 2. The third-order valence-electron chi connectivity index (χ3n) is 5.72. The maximum Gasteiger partial charge on any atom is 0.227 e. The average molecular weight is 424 g/mol. The Morgan fingerprint density at radius 3 is 2.55 bits per heavy atom. The fraction of sp³-hybridized carbons (Fsp3) is 0.400. The molecule has 0 bridgehead atoms. The van der Waals surface area contributed by atoms with Gasteiger partial charge in [0, 0.05) is 19.6 Å². The van der Waals surface area contributed by atoms with Gasteiger partial charge in [0.1, 0.15) is 0 Å². The van der Waals surface area contributed by atoms with E-state index in [1.807, 2.05) is 44.2 Å². The van der Waals surface area contributed by atoms with E-state index in [0.29, 0.717) is 31.3 Å². The first-order valence-electron chi connectivity index (χ1n) is 11.0. The van der Waals surface area contributed by atoms with Crippen molar-refractivity contribution >= 4 is 0 Å². The second-order valence-corrected chi connectivity index (χ2v) is 8.35. The molecule has 3 aromatic rings. The molecule has 6 heteroatoms. The quantitative estimate of drug-likeness (QED) is 0.493. The third-order valence-corrected chi connectivity index (χ3v) is 5.72. The summed E-state index contributed by atoms with van der Waals surface area (Å²) in [5.41, 5.74) is 2.60. The Labute approximate surface area is 183 Å². The Bertz CT molecular complexity index is 1000. The number of aryl methyl sites for hydroxylation is 1. The first-order chi connectivity index (χ1) is 15.0. The Morgan fingerprint density at radius 1 is 1.16 bits per heavy atom. The lowest BCUT2D eigenvalue weighted by atomic mass is 10.2. The molecule has 1 fully saturated rings. The largest absolute Gasteiger partial charge is 0.435 e. The van der Waals surface area contributed by atoms with E-state index in [-0.39, 0.29) is 11.9 Å². The van der Waals surface area contributed by atoms with E-state index in [1.54, 1.807) is 22.9 Å². The van der Waals surface area contributed by atoms with E-state index in [1.165, 1.54) is 18.9 Å². The second-order valence-electron chi connectivity index (χ2n) is 8.35. The molecule has 1 saturated carbocycles. The monoisotopic (exact) mass is 423 g/mol. The number of aliphatic hydroxyl groups is 1. The van der Waals surface area contributed by atoms with Crippen LogP contribution in [0.15, 0.2) is 54.6 Å². The zero-order chi connectivity index (χ0) is 21.8. The van der Waals surface area contributed by atoms with E-state index < -0.39 is 5.82 Å². The van der Waals surface area contributed by atoms with Gasteiger partial charge in [0.25, 0.3) is 0 Å². The molecule has 0 saturated heterocycles. The van der Waals surface area contributed by atoms with Gasteiger partial charge in [-0.3, -0.25) is 4.90 Å². The van der Waals surface area contributed by atoms with E-state index in [2.05, 4.69) is 4.90 Å². The fourth-order valence-corrected chi connectivity index (χ4v) is 3.72. The van der Waals surface area contributed by atoms with Crippen molar-refractivity contribution in [2.45, 2.75) is 45.8 Å². The molecular weight excluding hydrogens is 393 g/mol. The van der Waals surface area contributed by atoms with Crippen LogP contribution in [0.1, 0.15) is 37.4 Å². The Kier molecular flexibility index (Phi) is 6.68. The molecule has 0 radical (unpaired) electrons. The molecule has 1 aliphatic rings. The first-order valence-corrected chi connectivity index (χ1v) is 11.0. The standard InChI is InChI=1S/C25H30FN3O2/c1-3-21(30)16-28(15-19-13-14-19)17-22-18(2)27-29(20-9-5-4-6-10-20)25(22)31-24-12-8-7-11-23(24)26/h4-12,19,21,30H,3,13-17H2,1-2H3/t21-/m0/s1. The molecule has 1 heterocycles. The highest BCUT2D eigenvalue weighted by Gasteiger charge is 2.28. The van der Waals surface area contributed by atoms with Gasteiger partial charge in [-0.2, -0.15) is 5.10 Å². The van der Waals surface area contributed by atoms with Crippen LogP contribution in [0.5, 0.6) is 11.6 Å². The predicted octanol–water partition coefficient (Wildman–Crippen LogP) is 5.10. The Hall–Kier alpha value is -2.70. The van der Waals surface area contributed by atoms with E-state index >= 15 is 0 Å². The molecule has 0 spiro atoms. The summed E-state index contributed by atoms with van der Waals surface area (Å²) in [4.78, 5) is 2.28. The minimum absolute atomic E-state index is 0.170. The smallest absolute Gasteiger partial charge is 0.227 e. The normalized spacial score (nSPS) is 14.7. The summed E-state index contributed by atoms with van der Waals surface area (Å²) in [6.07, 6.45) is 2.81. The van der Waals surface area contributed by atoms with Crippen LogP contribution in [0.4, 0.5) is 4.39 Å². The highest BCUT2D eigenvalue weighted by molar-refractivity contribution is 5.43. The lowest BCUT2D eigenvalue weighted by molar-refractivity contribution is 0.102. The fourth-order valence-electron chi connectivity index (χ4n) is 3.72. The van der Waals surface area contributed by atoms with Gasteiger partial charge >= 0.3 is 0 Å². The summed E-state index contributed by atoms with van der Waals surface area (Å²) in [5.74, 6) is 0.955. The van der Waals surface area contributed by atoms with Crippen molar-refractivity contribution in [2.75, 3.05) is 13.1 Å². The highest BCUT2D eigenvalue weighted by Crippen LogP contribution is 2.34. The molecule has 1 aliphatic carbocycles. The maximum atomic E-state index is 14.4. The van der Waals surface area contributed by atoms with Crippen LogP contribution in [0.3, 0.4) is 0 Å². The number of rotatable bonds is 10. The molecule has 164 valence electrons. The number of halogens is 1. The van der Waals surface area contributed by atoms with Gasteiger partial charge in [-0.1, -0.05) is 37.3 Å². The van der Waals surface area contributed by atoms with Crippen molar-refractivity contribution in [3.05, 3.63) is 71.7 Å². The average Bonchev–Trinajstić information content (AvgIpc) is 3.54. The van der Waals surface area contributed by atoms with Crippen LogP contribution in [-0.4, -0.2) is 39.0 Å². The third kappa shape index (κ3) is 5.32. The zero-order valence-corrected chi connectivity index (χ0v) is 18.2. The second kappa shape index (κ2) is 9.62. The van der Waals surface area contributed by atoms with Gasteiger partial charge < -0.3 is 9.84 Å². The summed E-state index contributed by atoms with van der Waals surface area (Å²) in [6, 6.07) is 16.1. The van der Waals surface area contributed by atoms with E-state index in [0.717, 1.165) is 23.5 Å². The SMILES string of the molecule is CC[C@H](O)CN(Cc1c(C)nn(-c2ccccc2)c1Oc1ccccc1F)CC1CC1. The van der Waals surface area contributed by atoms with Gasteiger partial charge in [-0.15, -0.1) is 0 Å².